The van der Waals surface area contributed by atoms with Crippen molar-refractivity contribution in [2.75, 3.05) is 32.2 Å². The Morgan fingerprint density at radius 2 is 1.89 bits per heavy atom. The van der Waals surface area contributed by atoms with Crippen molar-refractivity contribution in [3.63, 3.8) is 0 Å². The van der Waals surface area contributed by atoms with Crippen LogP contribution < -0.4 is 5.32 Å². The molecule has 11 heteroatoms. The minimum Gasteiger partial charge on any atom is -0.483 e. The summed E-state index contributed by atoms with van der Waals surface area (Å²) in [5, 5.41) is 14.5. The second-order valence-electron chi connectivity index (χ2n) is 7.63. The van der Waals surface area contributed by atoms with Gasteiger partial charge in [0.05, 0.1) is 43.4 Å². The van der Waals surface area contributed by atoms with Gasteiger partial charge in [0.25, 0.3) is 12.4 Å². The standard InChI is InChI=1S/C25H26N6O3.CH2O2/c1-18-16-26-11-9-19(18)20-7-5-8-22(28-20)25(32)29-23-17-31(12-13-34-15-14-33-2)30-24(23)21-6-3-4-10-27-21;2-1-3/h3-11,16-17H,12-15H2,1-2H3,(H,29,32);1H,(H,2,3). The number of pyridine rings is 3. The smallest absolute Gasteiger partial charge is 0.290 e. The van der Waals surface area contributed by atoms with Crippen LogP contribution in [0.2, 0.25) is 0 Å². The number of aryl methyl sites for hydroxylation is 1. The van der Waals surface area contributed by atoms with Gasteiger partial charge in [0.15, 0.2) is 0 Å². The molecule has 11 nitrogen and oxygen atoms in total. The SMILES string of the molecule is COCCOCCn1cc(NC(=O)c2cccc(-c3ccncc3C)n2)c(-c2ccccn2)n1.O=CO. The summed E-state index contributed by atoms with van der Waals surface area (Å²) in [5.41, 5.74) is 4.71. The molecule has 4 aromatic rings. The molecule has 0 saturated carbocycles. The van der Waals surface area contributed by atoms with Crippen molar-refractivity contribution in [2.24, 2.45) is 0 Å². The zero-order valence-corrected chi connectivity index (χ0v) is 20.6. The van der Waals surface area contributed by atoms with E-state index in [9.17, 15) is 4.79 Å². The number of rotatable bonds is 10. The highest BCUT2D eigenvalue weighted by Gasteiger charge is 2.17. The second-order valence-corrected chi connectivity index (χ2v) is 7.63. The highest BCUT2D eigenvalue weighted by molar-refractivity contribution is 6.04. The average Bonchev–Trinajstić information content (AvgIpc) is 3.32. The van der Waals surface area contributed by atoms with Gasteiger partial charge in [-0.25, -0.2) is 4.98 Å². The third-order valence-corrected chi connectivity index (χ3v) is 5.09. The number of carboxylic acid groups (broad SMARTS) is 1. The average molecular weight is 505 g/mol. The first-order chi connectivity index (χ1) is 18.1. The quantitative estimate of drug-likeness (QED) is 0.246. The van der Waals surface area contributed by atoms with Crippen LogP contribution in [-0.2, 0) is 20.8 Å². The maximum Gasteiger partial charge on any atom is 0.290 e. The van der Waals surface area contributed by atoms with Gasteiger partial charge in [-0.15, -0.1) is 0 Å². The predicted octanol–water partition coefficient (Wildman–Crippen LogP) is 3.33. The highest BCUT2D eigenvalue weighted by Crippen LogP contribution is 2.26. The molecule has 0 bridgehead atoms. The molecule has 4 rings (SSSR count). The lowest BCUT2D eigenvalue weighted by Crippen LogP contribution is -2.14. The number of methoxy groups -OCH3 is 1. The van der Waals surface area contributed by atoms with Gasteiger partial charge >= 0.3 is 0 Å². The lowest BCUT2D eigenvalue weighted by Gasteiger charge is -2.08. The monoisotopic (exact) mass is 504 g/mol. The Labute approximate surface area is 214 Å². The third kappa shape index (κ3) is 7.75. The van der Waals surface area contributed by atoms with Crippen molar-refractivity contribution in [3.05, 3.63) is 78.5 Å². The van der Waals surface area contributed by atoms with E-state index in [0.29, 0.717) is 54.8 Å². The van der Waals surface area contributed by atoms with Crippen LogP contribution >= 0.6 is 0 Å². The third-order valence-electron chi connectivity index (χ3n) is 5.09. The number of hydrogen-bond donors (Lipinski definition) is 2. The van der Waals surface area contributed by atoms with Crippen LogP contribution in [0.25, 0.3) is 22.6 Å². The van der Waals surface area contributed by atoms with E-state index in [4.69, 9.17) is 19.4 Å². The number of hydrogen-bond acceptors (Lipinski definition) is 8. The summed E-state index contributed by atoms with van der Waals surface area (Å²) in [6.07, 6.45) is 6.95. The molecule has 0 radical (unpaired) electrons. The number of nitrogens with zero attached hydrogens (tertiary/aromatic N) is 5. The van der Waals surface area contributed by atoms with Crippen LogP contribution in [0.5, 0.6) is 0 Å². The molecule has 0 aliphatic carbocycles. The Kier molecular flexibility index (Phi) is 10.4. The van der Waals surface area contributed by atoms with Crippen LogP contribution in [0.4, 0.5) is 5.69 Å². The van der Waals surface area contributed by atoms with Gasteiger partial charge in [0.2, 0.25) is 0 Å². The van der Waals surface area contributed by atoms with Crippen LogP contribution in [0.3, 0.4) is 0 Å². The lowest BCUT2D eigenvalue weighted by atomic mass is 10.1. The van der Waals surface area contributed by atoms with Crippen LogP contribution in [0.1, 0.15) is 16.1 Å². The zero-order chi connectivity index (χ0) is 26.5. The van der Waals surface area contributed by atoms with E-state index in [1.54, 1.807) is 42.6 Å². The van der Waals surface area contributed by atoms with Gasteiger partial charge < -0.3 is 19.9 Å². The molecule has 0 aliphatic rings. The molecular weight excluding hydrogens is 476 g/mol. The number of carbonyl (C=O) groups is 2. The van der Waals surface area contributed by atoms with E-state index in [-0.39, 0.29) is 12.4 Å². The largest absolute Gasteiger partial charge is 0.483 e. The normalized spacial score (nSPS) is 10.3. The van der Waals surface area contributed by atoms with Gasteiger partial charge in [-0.05, 0) is 42.8 Å². The molecule has 0 aromatic carbocycles. The number of anilines is 1. The fraction of sp³-hybridized carbons (Fsp3) is 0.231. The van der Waals surface area contributed by atoms with Gasteiger partial charge in [0.1, 0.15) is 11.4 Å². The summed E-state index contributed by atoms with van der Waals surface area (Å²) in [5.74, 6) is -0.332. The van der Waals surface area contributed by atoms with Gasteiger partial charge in [0, 0.05) is 37.5 Å². The van der Waals surface area contributed by atoms with Crippen molar-refractivity contribution >= 4 is 18.1 Å². The molecule has 4 aromatic heterocycles. The first-order valence-corrected chi connectivity index (χ1v) is 11.4. The fourth-order valence-corrected chi connectivity index (χ4v) is 3.38. The van der Waals surface area contributed by atoms with Gasteiger partial charge in [-0.2, -0.15) is 5.10 Å². The van der Waals surface area contributed by atoms with E-state index in [0.717, 1.165) is 11.1 Å². The fourth-order valence-electron chi connectivity index (χ4n) is 3.38. The van der Waals surface area contributed by atoms with E-state index in [1.807, 2.05) is 43.3 Å². The maximum absolute atomic E-state index is 13.1. The molecule has 0 atom stereocenters. The Bertz CT molecular complexity index is 1300. The minimum atomic E-state index is -0.332. The number of carbonyl (C=O) groups excluding carboxylic acids is 1. The van der Waals surface area contributed by atoms with E-state index in [1.165, 1.54) is 0 Å². The molecule has 4 heterocycles. The van der Waals surface area contributed by atoms with Crippen molar-refractivity contribution in [1.29, 1.82) is 0 Å². The molecule has 0 unspecified atom stereocenters. The maximum atomic E-state index is 13.1. The molecule has 192 valence electrons. The Morgan fingerprint density at radius 1 is 1.08 bits per heavy atom. The zero-order valence-electron chi connectivity index (χ0n) is 20.6. The molecule has 1 amide bonds. The van der Waals surface area contributed by atoms with Crippen LogP contribution in [-0.4, -0.2) is 69.1 Å². The van der Waals surface area contributed by atoms with Crippen LogP contribution in [0, 0.1) is 6.92 Å². The van der Waals surface area contributed by atoms with Gasteiger partial charge in [-0.3, -0.25) is 24.2 Å². The Hall–Kier alpha value is -4.48. The molecule has 0 fully saturated rings. The van der Waals surface area contributed by atoms with Crippen molar-refractivity contribution in [2.45, 2.75) is 13.5 Å². The lowest BCUT2D eigenvalue weighted by molar-refractivity contribution is -0.122. The summed E-state index contributed by atoms with van der Waals surface area (Å²) >= 11 is 0. The van der Waals surface area contributed by atoms with E-state index >= 15 is 0 Å². The molecule has 0 aliphatic heterocycles. The summed E-state index contributed by atoms with van der Waals surface area (Å²) < 4.78 is 12.3. The van der Waals surface area contributed by atoms with Crippen LogP contribution in [0.15, 0.2) is 67.3 Å². The molecule has 0 spiro atoms. The number of aromatic nitrogens is 5. The summed E-state index contributed by atoms with van der Waals surface area (Å²) in [7, 11) is 1.63. The van der Waals surface area contributed by atoms with Crippen molar-refractivity contribution < 1.29 is 24.2 Å². The second kappa shape index (κ2) is 14.2. The summed E-state index contributed by atoms with van der Waals surface area (Å²) in [4.78, 5) is 34.6. The highest BCUT2D eigenvalue weighted by atomic mass is 16.5. The Morgan fingerprint density at radius 3 is 2.62 bits per heavy atom. The van der Waals surface area contributed by atoms with Crippen molar-refractivity contribution in [3.8, 4) is 22.6 Å². The topological polar surface area (TPSA) is 141 Å². The summed E-state index contributed by atoms with van der Waals surface area (Å²) in [6, 6.07) is 12.8. The molecular formula is C26H28N6O5. The van der Waals surface area contributed by atoms with E-state index < -0.39 is 0 Å². The number of ether oxygens (including phenoxy) is 2. The number of nitrogens with one attached hydrogen (secondary N) is 1. The first kappa shape index (κ1) is 27.1. The minimum absolute atomic E-state index is 0.250. The Balaban J connectivity index is 0.00000121. The first-order valence-electron chi connectivity index (χ1n) is 11.4. The van der Waals surface area contributed by atoms with Gasteiger partial charge in [-0.1, -0.05) is 12.1 Å². The molecule has 2 N–H and O–H groups in total. The van der Waals surface area contributed by atoms with E-state index in [2.05, 4.69) is 25.4 Å². The molecule has 0 saturated heterocycles. The molecule has 37 heavy (non-hydrogen) atoms. The number of amides is 1. The predicted molar refractivity (Wildman–Crippen MR) is 137 cm³/mol. The summed E-state index contributed by atoms with van der Waals surface area (Å²) in [6.45, 7) is 3.74. The van der Waals surface area contributed by atoms with Crippen molar-refractivity contribution in [1.82, 2.24) is 24.7 Å².